The van der Waals surface area contributed by atoms with E-state index in [2.05, 4.69) is 256 Å². The Balaban J connectivity index is 0.999. The van der Waals surface area contributed by atoms with E-state index < -0.39 is 0 Å². The number of fused-ring (bicyclic) bond motifs is 15. The first-order chi connectivity index (χ1) is 33.3. The Hall–Kier alpha value is -8.20. The molecule has 68 heavy (non-hydrogen) atoms. The minimum Gasteiger partial charge on any atom is -0.310 e. The van der Waals surface area contributed by atoms with Crippen LogP contribution >= 0.6 is 0 Å². The van der Waals surface area contributed by atoms with Crippen LogP contribution in [0, 0.1) is 0 Å². The molecule has 0 spiro atoms. The van der Waals surface area contributed by atoms with Gasteiger partial charge in [0.05, 0.1) is 16.7 Å². The molecule has 322 valence electrons. The lowest BCUT2D eigenvalue weighted by Gasteiger charge is -2.30. The quantitative estimate of drug-likeness (QED) is 0.156. The third-order valence-electron chi connectivity index (χ3n) is 15.8. The first kappa shape index (κ1) is 39.0. The van der Waals surface area contributed by atoms with Crippen molar-refractivity contribution in [3.8, 4) is 39.1 Å². The van der Waals surface area contributed by atoms with Crippen LogP contribution in [0.15, 0.2) is 218 Å². The zero-order valence-electron chi connectivity index (χ0n) is 38.7. The lowest BCUT2D eigenvalue weighted by molar-refractivity contribution is 0.660. The monoisotopic (exact) mass is 868 g/mol. The van der Waals surface area contributed by atoms with Crippen molar-refractivity contribution in [3.63, 3.8) is 0 Å². The predicted octanol–water partition coefficient (Wildman–Crippen LogP) is 18.0. The van der Waals surface area contributed by atoms with Crippen molar-refractivity contribution < 1.29 is 0 Å². The minimum atomic E-state index is -0.131. The number of hydrogen-bond acceptors (Lipinski definition) is 1. The van der Waals surface area contributed by atoms with Gasteiger partial charge in [-0.3, -0.25) is 0 Å². The number of benzene rings is 11. The van der Waals surface area contributed by atoms with Crippen molar-refractivity contribution in [2.75, 3.05) is 4.90 Å². The molecule has 2 aliphatic carbocycles. The van der Waals surface area contributed by atoms with Crippen molar-refractivity contribution in [1.29, 1.82) is 0 Å². The molecule has 12 aromatic rings. The van der Waals surface area contributed by atoms with Gasteiger partial charge < -0.3 is 9.47 Å². The van der Waals surface area contributed by atoms with Gasteiger partial charge in [-0.1, -0.05) is 185 Å². The molecule has 0 unspecified atom stereocenters. The lowest BCUT2D eigenvalue weighted by atomic mass is 9.82. The fourth-order valence-corrected chi connectivity index (χ4v) is 12.4. The van der Waals surface area contributed by atoms with Crippen LogP contribution in [0.1, 0.15) is 49.9 Å². The summed E-state index contributed by atoms with van der Waals surface area (Å²) in [5, 5.41) is 10.1. The molecule has 14 rings (SSSR count). The maximum atomic E-state index is 2.50. The van der Waals surface area contributed by atoms with Crippen LogP contribution in [0.3, 0.4) is 0 Å². The number of aromatic nitrogens is 1. The number of hydrogen-bond donors (Lipinski definition) is 0. The van der Waals surface area contributed by atoms with Crippen molar-refractivity contribution >= 4 is 71.2 Å². The molecule has 0 saturated heterocycles. The van der Waals surface area contributed by atoms with E-state index >= 15 is 0 Å². The van der Waals surface area contributed by atoms with Gasteiger partial charge in [0.2, 0.25) is 0 Å². The number of anilines is 3. The van der Waals surface area contributed by atoms with Crippen LogP contribution < -0.4 is 4.90 Å². The van der Waals surface area contributed by atoms with Gasteiger partial charge in [0.1, 0.15) is 0 Å². The van der Waals surface area contributed by atoms with Crippen LogP contribution in [0.25, 0.3) is 93.2 Å². The van der Waals surface area contributed by atoms with Gasteiger partial charge in [-0.25, -0.2) is 0 Å². The summed E-state index contributed by atoms with van der Waals surface area (Å²) in [6.07, 6.45) is 0. The van der Waals surface area contributed by atoms with Gasteiger partial charge in [-0.15, -0.1) is 0 Å². The second-order valence-electron chi connectivity index (χ2n) is 20.1. The van der Waals surface area contributed by atoms with E-state index in [9.17, 15) is 0 Å². The molecule has 0 saturated carbocycles. The third-order valence-corrected chi connectivity index (χ3v) is 15.8. The Morgan fingerprint density at radius 2 is 0.676 bits per heavy atom. The molecule has 2 nitrogen and oxygen atoms in total. The zero-order valence-corrected chi connectivity index (χ0v) is 38.7. The first-order valence-electron chi connectivity index (χ1n) is 24.0. The molecular weight excluding hydrogens is 821 g/mol. The van der Waals surface area contributed by atoms with Gasteiger partial charge in [0, 0.05) is 44.2 Å². The summed E-state index contributed by atoms with van der Waals surface area (Å²) < 4.78 is 2.50. The highest BCUT2D eigenvalue weighted by Gasteiger charge is 2.38. The summed E-state index contributed by atoms with van der Waals surface area (Å²) in [5.74, 6) is 0. The maximum Gasteiger partial charge on any atom is 0.0547 e. The highest BCUT2D eigenvalue weighted by Crippen LogP contribution is 2.53. The van der Waals surface area contributed by atoms with Crippen LogP contribution in [0.5, 0.6) is 0 Å². The Kier molecular flexibility index (Phi) is 8.12. The van der Waals surface area contributed by atoms with E-state index in [1.165, 1.54) is 115 Å². The normalized spacial score (nSPS) is 14.1. The summed E-state index contributed by atoms with van der Waals surface area (Å²) in [6, 6.07) is 82.0. The Morgan fingerprint density at radius 3 is 1.18 bits per heavy atom. The first-order valence-corrected chi connectivity index (χ1v) is 24.0. The molecule has 2 heteroatoms. The standard InChI is InChI=1S/C66H48N2/c1-65(2)58-25-13-9-21-49(58)51-35-33-43(37-60(51)65)67(44-34-36-52-50-22-10-14-26-59(50)66(3,4)61(52)38-44)42-31-29-41(30-32-42)55-39-56-47-19-7-5-17-45(47)46-18-6-8-20-48(46)57(56)40-64(55)68-62-27-15-11-23-53(62)54-24-12-16-28-63(54)68/h5-40H,1-4H3. The van der Waals surface area contributed by atoms with E-state index in [-0.39, 0.29) is 10.8 Å². The third kappa shape index (κ3) is 5.40. The van der Waals surface area contributed by atoms with E-state index in [1.807, 2.05) is 0 Å². The van der Waals surface area contributed by atoms with E-state index in [4.69, 9.17) is 0 Å². The molecule has 0 aliphatic heterocycles. The Labute approximate surface area is 397 Å². The summed E-state index contributed by atoms with van der Waals surface area (Å²) in [5.41, 5.74) is 19.9. The highest BCUT2D eigenvalue weighted by atomic mass is 15.1. The van der Waals surface area contributed by atoms with E-state index in [1.54, 1.807) is 0 Å². The molecule has 0 fully saturated rings. The van der Waals surface area contributed by atoms with Crippen molar-refractivity contribution in [2.24, 2.45) is 0 Å². The second-order valence-corrected chi connectivity index (χ2v) is 20.1. The average Bonchev–Trinajstić information content (AvgIpc) is 3.93. The van der Waals surface area contributed by atoms with Crippen LogP contribution in [-0.2, 0) is 10.8 Å². The number of rotatable bonds is 5. The number of nitrogens with zero attached hydrogens (tertiary/aromatic N) is 2. The SMILES string of the molecule is CC1(C)c2ccccc2-c2ccc(N(c3ccc(-c4cc5c6ccccc6c6ccccc6c5cc4-n4c5ccccc5c5ccccc54)cc3)c3ccc4c(c3)C(C)(C)c3ccccc3-4)cc21. The molecule has 0 radical (unpaired) electrons. The van der Waals surface area contributed by atoms with Gasteiger partial charge in [0.15, 0.2) is 0 Å². The van der Waals surface area contributed by atoms with Gasteiger partial charge in [0.25, 0.3) is 0 Å². The molecule has 2 aliphatic rings. The molecule has 1 aromatic heterocycles. The number of para-hydroxylation sites is 2. The van der Waals surface area contributed by atoms with Crippen molar-refractivity contribution in [2.45, 2.75) is 38.5 Å². The van der Waals surface area contributed by atoms with Crippen LogP contribution in [0.2, 0.25) is 0 Å². The molecule has 0 atom stereocenters. The van der Waals surface area contributed by atoms with Crippen LogP contribution in [0.4, 0.5) is 17.1 Å². The maximum absolute atomic E-state index is 2.50. The Morgan fingerprint density at radius 1 is 0.294 bits per heavy atom. The fraction of sp³-hybridized carbons (Fsp3) is 0.0909. The second kappa shape index (κ2) is 14.2. The summed E-state index contributed by atoms with van der Waals surface area (Å²) >= 11 is 0. The topological polar surface area (TPSA) is 8.17 Å². The minimum absolute atomic E-state index is 0.131. The van der Waals surface area contributed by atoms with Crippen molar-refractivity contribution in [1.82, 2.24) is 4.57 Å². The molecule has 1 heterocycles. The van der Waals surface area contributed by atoms with E-state index in [0.717, 1.165) is 17.1 Å². The van der Waals surface area contributed by atoms with Gasteiger partial charge in [-0.2, -0.15) is 0 Å². The molecule has 0 N–H and O–H groups in total. The fourth-order valence-electron chi connectivity index (χ4n) is 12.4. The lowest BCUT2D eigenvalue weighted by Crippen LogP contribution is -2.18. The highest BCUT2D eigenvalue weighted by molar-refractivity contribution is 6.26. The summed E-state index contributed by atoms with van der Waals surface area (Å²) in [4.78, 5) is 2.48. The summed E-state index contributed by atoms with van der Waals surface area (Å²) in [6.45, 7) is 9.50. The summed E-state index contributed by atoms with van der Waals surface area (Å²) in [7, 11) is 0. The van der Waals surface area contributed by atoms with Gasteiger partial charge in [-0.05, 0) is 143 Å². The smallest absolute Gasteiger partial charge is 0.0547 e. The van der Waals surface area contributed by atoms with Crippen molar-refractivity contribution in [3.05, 3.63) is 241 Å². The van der Waals surface area contributed by atoms with Gasteiger partial charge >= 0.3 is 0 Å². The van der Waals surface area contributed by atoms with Crippen LogP contribution in [-0.4, -0.2) is 4.57 Å². The van der Waals surface area contributed by atoms with E-state index in [0.29, 0.717) is 0 Å². The average molecular weight is 869 g/mol. The molecule has 0 bridgehead atoms. The molecule has 0 amide bonds. The molecular formula is C66H48N2. The zero-order chi connectivity index (χ0) is 45.5. The molecule has 11 aromatic carbocycles. The predicted molar refractivity (Wildman–Crippen MR) is 289 cm³/mol. The largest absolute Gasteiger partial charge is 0.310 e. The Bertz CT molecular complexity index is 3930.